The number of hydrogen-bond acceptors (Lipinski definition) is 3. The van der Waals surface area contributed by atoms with Crippen LogP contribution in [0.1, 0.15) is 11.1 Å². The van der Waals surface area contributed by atoms with E-state index in [9.17, 15) is 18.8 Å². The van der Waals surface area contributed by atoms with E-state index in [0.717, 1.165) is 21.4 Å². The van der Waals surface area contributed by atoms with Crippen LogP contribution in [0.4, 0.5) is 14.9 Å². The highest BCUT2D eigenvalue weighted by molar-refractivity contribution is 6.35. The van der Waals surface area contributed by atoms with Crippen molar-refractivity contribution in [2.24, 2.45) is 0 Å². The van der Waals surface area contributed by atoms with Crippen LogP contribution >= 0.6 is 23.2 Å². The summed E-state index contributed by atoms with van der Waals surface area (Å²) in [6.07, 6.45) is 3.42. The molecule has 0 bridgehead atoms. The first-order valence-electron chi connectivity index (χ1n) is 11.2. The average Bonchev–Trinajstić information content (AvgIpc) is 3.34. The lowest BCUT2D eigenvalue weighted by Gasteiger charge is -2.12. The van der Waals surface area contributed by atoms with Gasteiger partial charge in [-0.25, -0.2) is 14.1 Å². The molecule has 4 amide bonds. The van der Waals surface area contributed by atoms with Crippen LogP contribution in [0.5, 0.6) is 0 Å². The first kappa shape index (κ1) is 24.5. The molecule has 3 aromatic carbocycles. The number of imide groups is 1. The zero-order valence-electron chi connectivity index (χ0n) is 19.2. The van der Waals surface area contributed by atoms with Gasteiger partial charge in [0.1, 0.15) is 18.1 Å². The van der Waals surface area contributed by atoms with Crippen LogP contribution < -0.4 is 10.6 Å². The summed E-state index contributed by atoms with van der Waals surface area (Å²) < 4.78 is 15.8. The van der Waals surface area contributed by atoms with Gasteiger partial charge in [-0.15, -0.1) is 0 Å². The second kappa shape index (κ2) is 10.1. The molecule has 1 aromatic heterocycles. The molecule has 5 rings (SSSR count). The van der Waals surface area contributed by atoms with E-state index in [1.165, 1.54) is 18.2 Å². The number of urea groups is 1. The molecular formula is C27H19Cl2FN4O3. The minimum absolute atomic E-state index is 0.0242. The summed E-state index contributed by atoms with van der Waals surface area (Å²) in [4.78, 5) is 38.6. The maximum absolute atomic E-state index is 13.8. The summed E-state index contributed by atoms with van der Waals surface area (Å²) in [7, 11) is 0. The standard InChI is InChI=1S/C27H19Cl2FN4O3/c28-18-10-9-16(20(29)12-18)13-33-14-17(19-5-1-4-8-24(19)33)11-23-26(36)34(27(37)32-23)15-25(35)31-22-7-3-2-6-21(22)30/h1-12,14H,13,15H2,(H,31,35)(H,32,37)/b23-11+. The summed E-state index contributed by atoms with van der Waals surface area (Å²) in [5.41, 5.74) is 2.45. The minimum Gasteiger partial charge on any atom is -0.342 e. The topological polar surface area (TPSA) is 83.4 Å². The predicted octanol–water partition coefficient (Wildman–Crippen LogP) is 5.67. The zero-order chi connectivity index (χ0) is 26.1. The summed E-state index contributed by atoms with van der Waals surface area (Å²) in [6.45, 7) is -0.102. The quantitative estimate of drug-likeness (QED) is 0.246. The Balaban J connectivity index is 1.39. The third-order valence-electron chi connectivity index (χ3n) is 5.89. The van der Waals surface area contributed by atoms with Crippen LogP contribution in [-0.4, -0.2) is 33.9 Å². The Morgan fingerprint density at radius 3 is 2.57 bits per heavy atom. The summed E-state index contributed by atoms with van der Waals surface area (Å²) >= 11 is 12.4. The van der Waals surface area contributed by atoms with Crippen LogP contribution in [0.2, 0.25) is 10.0 Å². The van der Waals surface area contributed by atoms with Gasteiger partial charge in [0.15, 0.2) is 0 Å². The maximum Gasteiger partial charge on any atom is 0.329 e. The van der Waals surface area contributed by atoms with Crippen molar-refractivity contribution >= 4 is 63.7 Å². The van der Waals surface area contributed by atoms with E-state index >= 15 is 0 Å². The molecule has 0 atom stereocenters. The number of rotatable bonds is 6. The number of anilines is 1. The van der Waals surface area contributed by atoms with Crippen molar-refractivity contribution in [3.8, 4) is 0 Å². The Morgan fingerprint density at radius 2 is 1.78 bits per heavy atom. The van der Waals surface area contributed by atoms with E-state index in [0.29, 0.717) is 22.2 Å². The molecule has 2 heterocycles. The van der Waals surface area contributed by atoms with Gasteiger partial charge < -0.3 is 15.2 Å². The molecule has 10 heteroatoms. The third kappa shape index (κ3) is 5.07. The van der Waals surface area contributed by atoms with E-state index in [1.807, 2.05) is 41.1 Å². The summed E-state index contributed by atoms with van der Waals surface area (Å²) in [5.74, 6) is -1.98. The van der Waals surface area contributed by atoms with Crippen LogP contribution in [0.25, 0.3) is 17.0 Å². The van der Waals surface area contributed by atoms with Gasteiger partial charge in [0.05, 0.1) is 5.69 Å². The number of nitrogens with one attached hydrogen (secondary N) is 2. The Hall–Kier alpha value is -4.14. The lowest BCUT2D eigenvalue weighted by molar-refractivity contribution is -0.127. The minimum atomic E-state index is -0.739. The fraction of sp³-hybridized carbons (Fsp3) is 0.0741. The fourth-order valence-corrected chi connectivity index (χ4v) is 4.59. The van der Waals surface area contributed by atoms with Crippen molar-refractivity contribution in [3.05, 3.63) is 106 Å². The zero-order valence-corrected chi connectivity index (χ0v) is 20.7. The largest absolute Gasteiger partial charge is 0.342 e. The number of halogens is 3. The van der Waals surface area contributed by atoms with Gasteiger partial charge in [-0.2, -0.15) is 0 Å². The Labute approximate surface area is 221 Å². The Kier molecular flexibility index (Phi) is 6.69. The summed E-state index contributed by atoms with van der Waals surface area (Å²) in [5, 5.41) is 6.83. The molecule has 0 saturated carbocycles. The lowest BCUT2D eigenvalue weighted by Crippen LogP contribution is -2.38. The van der Waals surface area contributed by atoms with Crippen molar-refractivity contribution < 1.29 is 18.8 Å². The molecule has 4 aromatic rings. The number of amides is 4. The second-order valence-corrected chi connectivity index (χ2v) is 9.22. The van der Waals surface area contributed by atoms with Crippen LogP contribution in [0.3, 0.4) is 0 Å². The maximum atomic E-state index is 13.8. The number of nitrogens with zero attached hydrogens (tertiary/aromatic N) is 2. The number of para-hydroxylation sites is 2. The number of fused-ring (bicyclic) bond motifs is 1. The summed E-state index contributed by atoms with van der Waals surface area (Å²) in [6, 6.07) is 17.8. The molecule has 1 aliphatic rings. The van der Waals surface area contributed by atoms with Gasteiger partial charge in [-0.3, -0.25) is 9.59 Å². The van der Waals surface area contributed by atoms with Crippen LogP contribution in [-0.2, 0) is 16.1 Å². The third-order valence-corrected chi connectivity index (χ3v) is 6.47. The number of carbonyl (C=O) groups is 3. The lowest BCUT2D eigenvalue weighted by atomic mass is 10.1. The highest BCUT2D eigenvalue weighted by atomic mass is 35.5. The molecule has 1 fully saturated rings. The number of benzene rings is 3. The number of carbonyl (C=O) groups excluding carboxylic acids is 3. The van der Waals surface area contributed by atoms with E-state index in [1.54, 1.807) is 24.3 Å². The molecule has 2 N–H and O–H groups in total. The molecule has 0 spiro atoms. The molecule has 186 valence electrons. The molecule has 37 heavy (non-hydrogen) atoms. The van der Waals surface area contributed by atoms with Crippen LogP contribution in [0, 0.1) is 5.82 Å². The van der Waals surface area contributed by atoms with Crippen molar-refractivity contribution in [2.45, 2.75) is 6.54 Å². The predicted molar refractivity (Wildman–Crippen MR) is 141 cm³/mol. The number of aromatic nitrogens is 1. The van der Waals surface area contributed by atoms with Gasteiger partial charge in [0.25, 0.3) is 5.91 Å². The van der Waals surface area contributed by atoms with E-state index in [4.69, 9.17) is 23.2 Å². The Bertz CT molecular complexity index is 1600. The second-order valence-electron chi connectivity index (χ2n) is 8.37. The van der Waals surface area contributed by atoms with Gasteiger partial charge >= 0.3 is 6.03 Å². The van der Waals surface area contributed by atoms with Gasteiger partial charge in [0.2, 0.25) is 5.91 Å². The molecule has 1 saturated heterocycles. The van der Waals surface area contributed by atoms with Crippen molar-refractivity contribution in [3.63, 3.8) is 0 Å². The van der Waals surface area contributed by atoms with Gasteiger partial charge in [-0.1, -0.05) is 59.6 Å². The SMILES string of the molecule is O=C(CN1C(=O)N/C(=C/c2cn(Cc3ccc(Cl)cc3Cl)c3ccccc23)C1=O)Nc1ccccc1F. The van der Waals surface area contributed by atoms with Crippen molar-refractivity contribution in [1.29, 1.82) is 0 Å². The van der Waals surface area contributed by atoms with E-state index < -0.39 is 30.2 Å². The van der Waals surface area contributed by atoms with E-state index in [2.05, 4.69) is 10.6 Å². The van der Waals surface area contributed by atoms with Crippen molar-refractivity contribution in [1.82, 2.24) is 14.8 Å². The number of hydrogen-bond donors (Lipinski definition) is 2. The molecule has 1 aliphatic heterocycles. The van der Waals surface area contributed by atoms with Crippen molar-refractivity contribution in [2.75, 3.05) is 11.9 Å². The van der Waals surface area contributed by atoms with Gasteiger partial charge in [-0.05, 0) is 42.0 Å². The molecule has 0 unspecified atom stereocenters. The van der Waals surface area contributed by atoms with Crippen LogP contribution in [0.15, 0.2) is 78.6 Å². The smallest absolute Gasteiger partial charge is 0.329 e. The van der Waals surface area contributed by atoms with Gasteiger partial charge in [0, 0.05) is 39.3 Å². The first-order valence-corrected chi connectivity index (χ1v) is 12.0. The average molecular weight is 537 g/mol. The highest BCUT2D eigenvalue weighted by Crippen LogP contribution is 2.28. The molecular weight excluding hydrogens is 518 g/mol. The molecule has 7 nitrogen and oxygen atoms in total. The monoisotopic (exact) mass is 536 g/mol. The first-order chi connectivity index (χ1) is 17.8. The van der Waals surface area contributed by atoms with E-state index in [-0.39, 0.29) is 11.4 Å². The molecule has 0 radical (unpaired) electrons. The molecule has 0 aliphatic carbocycles. The highest BCUT2D eigenvalue weighted by Gasteiger charge is 2.35. The fourth-order valence-electron chi connectivity index (χ4n) is 4.12. The normalized spacial score (nSPS) is 14.5. The Morgan fingerprint density at radius 1 is 1.03 bits per heavy atom.